The fourth-order valence-corrected chi connectivity index (χ4v) is 0.524. The van der Waals surface area contributed by atoms with Crippen LogP contribution in [0.4, 0.5) is 0 Å². The summed E-state index contributed by atoms with van der Waals surface area (Å²) in [5.74, 6) is -1.23. The van der Waals surface area contributed by atoms with E-state index >= 15 is 0 Å². The first kappa shape index (κ1) is 8.78. The summed E-state index contributed by atoms with van der Waals surface area (Å²) in [7, 11) is 0. The van der Waals surface area contributed by atoms with E-state index in [1.807, 2.05) is 0 Å². The molecule has 10 heavy (non-hydrogen) atoms. The highest BCUT2D eigenvalue weighted by Crippen LogP contribution is 2.05. The summed E-state index contributed by atoms with van der Waals surface area (Å²) in [5, 5.41) is 11.5. The molecule has 0 heterocycles. The molecular formula is C5H9N3O2. The van der Waals surface area contributed by atoms with Crippen molar-refractivity contribution in [1.29, 1.82) is 0 Å². The van der Waals surface area contributed by atoms with Crippen LogP contribution in [0.15, 0.2) is 5.11 Å². The Kier molecular flexibility index (Phi) is 3.28. The van der Waals surface area contributed by atoms with Crippen LogP contribution < -0.4 is 0 Å². The summed E-state index contributed by atoms with van der Waals surface area (Å²) < 4.78 is 0. The van der Waals surface area contributed by atoms with Crippen molar-refractivity contribution < 1.29 is 9.90 Å². The fourth-order valence-electron chi connectivity index (χ4n) is 0.524. The van der Waals surface area contributed by atoms with Crippen LogP contribution in [-0.4, -0.2) is 17.1 Å². The molecule has 56 valence electrons. The molecule has 0 fully saturated rings. The quantitative estimate of drug-likeness (QED) is 0.281. The molecule has 0 aromatic rings. The lowest BCUT2D eigenvalue weighted by Gasteiger charge is -2.07. The van der Waals surface area contributed by atoms with Crippen molar-refractivity contribution in [3.8, 4) is 0 Å². The van der Waals surface area contributed by atoms with Crippen LogP contribution in [0, 0.1) is 5.92 Å². The van der Waals surface area contributed by atoms with Gasteiger partial charge in [0.05, 0.1) is 0 Å². The van der Waals surface area contributed by atoms with Gasteiger partial charge in [0.1, 0.15) is 6.04 Å². The molecule has 0 rings (SSSR count). The number of azide groups is 1. The number of carboxylic acids is 1. The van der Waals surface area contributed by atoms with E-state index in [1.54, 1.807) is 13.8 Å². The monoisotopic (exact) mass is 145 g/mol. The predicted molar refractivity (Wildman–Crippen MR) is 35.4 cm³/mol. The van der Waals surface area contributed by atoms with Gasteiger partial charge < -0.3 is 5.11 Å². The number of carbonyl (C=O) groups is 1. The molecule has 0 bridgehead atoms. The van der Waals surface area contributed by atoms with E-state index in [2.05, 4.69) is 10.0 Å². The molecule has 5 heteroatoms. The van der Waals surface area contributed by atoms with Gasteiger partial charge in [-0.2, -0.15) is 0 Å². The van der Waals surface area contributed by atoms with Crippen LogP contribution in [0.3, 0.4) is 0 Å². The Bertz CT molecular complexity index is 170. The van der Waals surface area contributed by atoms with Crippen LogP contribution in [0.1, 0.15) is 13.8 Å². The van der Waals surface area contributed by atoms with E-state index in [4.69, 9.17) is 10.6 Å². The summed E-state index contributed by atoms with van der Waals surface area (Å²) in [5.41, 5.74) is 7.93. The lowest BCUT2D eigenvalue weighted by atomic mass is 10.2. The normalized spacial score (nSPS) is 12.3. The average Bonchev–Trinajstić information content (AvgIpc) is 1.81. The molecular weight excluding hydrogens is 136 g/mol. The largest absolute Gasteiger partial charge is 0.481 e. The molecule has 0 aromatic heterocycles. The second-order valence-corrected chi connectivity index (χ2v) is 2.23. The Morgan fingerprint density at radius 1 is 1.70 bits per heavy atom. The highest BCUT2D eigenvalue weighted by Gasteiger charge is 2.18. The summed E-state index contributed by atoms with van der Waals surface area (Å²) in [6.07, 6.45) is 0. The first-order valence-electron chi connectivity index (χ1n) is 2.86. The number of hydrogen-bond donors (Lipinski definition) is 1. The summed E-state index contributed by atoms with van der Waals surface area (Å²) in [6.45, 7) is 3.38. The molecule has 0 saturated carbocycles. The van der Waals surface area contributed by atoms with Gasteiger partial charge in [0, 0.05) is 4.91 Å². The van der Waals surface area contributed by atoms with Gasteiger partial charge in [-0.15, -0.1) is 0 Å². The van der Waals surface area contributed by atoms with Crippen LogP contribution in [0.25, 0.3) is 10.4 Å². The van der Waals surface area contributed by atoms with Gasteiger partial charge in [0.2, 0.25) is 0 Å². The topological polar surface area (TPSA) is 86.1 Å². The van der Waals surface area contributed by atoms with Gasteiger partial charge in [-0.1, -0.05) is 19.0 Å². The summed E-state index contributed by atoms with van der Waals surface area (Å²) >= 11 is 0. The fraction of sp³-hybridized carbons (Fsp3) is 0.800. The highest BCUT2D eigenvalue weighted by molar-refractivity contribution is 5.73. The maximum atomic E-state index is 10.3. The third kappa shape index (κ3) is 2.37. The number of hydrogen-bond acceptors (Lipinski definition) is 2. The van der Waals surface area contributed by atoms with Crippen molar-refractivity contribution >= 4 is 5.97 Å². The molecule has 0 amide bonds. The second-order valence-electron chi connectivity index (χ2n) is 2.23. The predicted octanol–water partition coefficient (Wildman–Crippen LogP) is 1.41. The number of rotatable bonds is 3. The minimum Gasteiger partial charge on any atom is -0.481 e. The van der Waals surface area contributed by atoms with E-state index in [-0.39, 0.29) is 5.92 Å². The minimum atomic E-state index is -1.08. The molecule has 5 nitrogen and oxygen atoms in total. The van der Waals surface area contributed by atoms with E-state index in [0.29, 0.717) is 0 Å². The zero-order valence-electron chi connectivity index (χ0n) is 5.85. The molecule has 0 aliphatic rings. The van der Waals surface area contributed by atoms with Crippen molar-refractivity contribution in [1.82, 2.24) is 0 Å². The molecule has 1 atom stereocenters. The second kappa shape index (κ2) is 3.74. The van der Waals surface area contributed by atoms with Crippen molar-refractivity contribution in [3.05, 3.63) is 10.4 Å². The summed E-state index contributed by atoms with van der Waals surface area (Å²) in [6, 6.07) is -0.940. The van der Waals surface area contributed by atoms with Crippen molar-refractivity contribution in [2.24, 2.45) is 11.0 Å². The van der Waals surface area contributed by atoms with Crippen LogP contribution in [0.5, 0.6) is 0 Å². The van der Waals surface area contributed by atoms with Gasteiger partial charge in [-0.3, -0.25) is 4.79 Å². The Morgan fingerprint density at radius 3 is 2.30 bits per heavy atom. The smallest absolute Gasteiger partial charge is 0.312 e. The molecule has 0 saturated heterocycles. The molecule has 1 N–H and O–H groups in total. The maximum Gasteiger partial charge on any atom is 0.312 e. The maximum absolute atomic E-state index is 10.3. The number of aliphatic carboxylic acids is 1. The average molecular weight is 145 g/mol. The van der Waals surface area contributed by atoms with Gasteiger partial charge in [0.25, 0.3) is 0 Å². The van der Waals surface area contributed by atoms with Gasteiger partial charge in [-0.05, 0) is 11.4 Å². The molecule has 0 aromatic carbocycles. The third-order valence-electron chi connectivity index (χ3n) is 1.06. The molecule has 0 radical (unpaired) electrons. The van der Waals surface area contributed by atoms with Crippen LogP contribution in [-0.2, 0) is 4.79 Å². The Morgan fingerprint density at radius 2 is 2.20 bits per heavy atom. The highest BCUT2D eigenvalue weighted by atomic mass is 16.4. The number of nitrogens with zero attached hydrogens (tertiary/aromatic N) is 3. The minimum absolute atomic E-state index is 0.159. The molecule has 0 aliphatic carbocycles. The lowest BCUT2D eigenvalue weighted by Crippen LogP contribution is -2.22. The van der Waals surface area contributed by atoms with Crippen molar-refractivity contribution in [2.75, 3.05) is 0 Å². The first-order chi connectivity index (χ1) is 4.59. The molecule has 0 aliphatic heterocycles. The van der Waals surface area contributed by atoms with Crippen molar-refractivity contribution in [3.63, 3.8) is 0 Å². The van der Waals surface area contributed by atoms with Crippen LogP contribution >= 0.6 is 0 Å². The zero-order valence-corrected chi connectivity index (χ0v) is 5.85. The van der Waals surface area contributed by atoms with Gasteiger partial charge >= 0.3 is 5.97 Å². The van der Waals surface area contributed by atoms with Gasteiger partial charge in [0.15, 0.2) is 0 Å². The van der Waals surface area contributed by atoms with E-state index in [9.17, 15) is 4.79 Å². The Balaban J connectivity index is 4.26. The number of carboxylic acid groups (broad SMARTS) is 1. The lowest BCUT2D eigenvalue weighted by molar-refractivity contribution is -0.139. The van der Waals surface area contributed by atoms with E-state index < -0.39 is 12.0 Å². The van der Waals surface area contributed by atoms with Crippen LogP contribution in [0.2, 0.25) is 0 Å². The van der Waals surface area contributed by atoms with E-state index in [1.165, 1.54) is 0 Å². The van der Waals surface area contributed by atoms with E-state index in [0.717, 1.165) is 0 Å². The Labute approximate surface area is 58.3 Å². The van der Waals surface area contributed by atoms with Crippen molar-refractivity contribution in [2.45, 2.75) is 19.9 Å². The third-order valence-corrected chi connectivity index (χ3v) is 1.06. The molecule has 0 unspecified atom stereocenters. The standard InChI is InChI=1S/C5H9N3O2/c1-3(2)4(5(9)10)7-8-6/h3-4H,1-2H3,(H,9,10)/t4-/m0/s1/i1+1,2+1. The Hall–Kier alpha value is -1.22. The van der Waals surface area contributed by atoms with Gasteiger partial charge in [-0.25, -0.2) is 0 Å². The zero-order chi connectivity index (χ0) is 8.15. The first-order valence-corrected chi connectivity index (χ1v) is 2.86. The SMILES string of the molecule is [13CH3]C([13CH3])[C@H](N=[N+]=[N-])C(=O)O. The molecule has 0 spiro atoms. The summed E-state index contributed by atoms with van der Waals surface area (Å²) in [4.78, 5) is 12.7.